The second-order valence-electron chi connectivity index (χ2n) is 6.72. The Kier molecular flexibility index (Phi) is 6.25. The van der Waals surface area contributed by atoms with Crippen LogP contribution < -0.4 is 10.6 Å². The van der Waals surface area contributed by atoms with Gasteiger partial charge in [0.2, 0.25) is 0 Å². The molecule has 0 saturated heterocycles. The third-order valence-electron chi connectivity index (χ3n) is 4.76. The van der Waals surface area contributed by atoms with Crippen LogP contribution in [0.5, 0.6) is 0 Å². The number of guanidine groups is 1. The molecule has 3 rings (SSSR count). The van der Waals surface area contributed by atoms with E-state index in [0.717, 1.165) is 56.0 Å². The van der Waals surface area contributed by atoms with E-state index >= 15 is 0 Å². The van der Waals surface area contributed by atoms with Gasteiger partial charge in [0, 0.05) is 30.3 Å². The Labute approximate surface area is 159 Å². The topological polar surface area (TPSA) is 49.3 Å². The molecule has 2 aromatic rings. The molecule has 26 heavy (non-hydrogen) atoms. The number of thiazole rings is 1. The van der Waals surface area contributed by atoms with E-state index in [-0.39, 0.29) is 11.2 Å². The average Bonchev–Trinajstić information content (AvgIpc) is 3.29. The zero-order valence-electron chi connectivity index (χ0n) is 15.5. The van der Waals surface area contributed by atoms with Crippen LogP contribution in [0.3, 0.4) is 0 Å². The van der Waals surface area contributed by atoms with Crippen LogP contribution in [-0.2, 0) is 18.3 Å². The van der Waals surface area contributed by atoms with E-state index in [4.69, 9.17) is 4.99 Å². The van der Waals surface area contributed by atoms with E-state index in [2.05, 4.69) is 34.8 Å². The third kappa shape index (κ3) is 4.61. The SMILES string of the molecule is CCNC(=NCC1(c2ccccc2F)CC1)NCCc1csc(CC)n1. The fourth-order valence-corrected chi connectivity index (χ4v) is 3.84. The van der Waals surface area contributed by atoms with Crippen LogP contribution in [0.25, 0.3) is 0 Å². The van der Waals surface area contributed by atoms with Crippen molar-refractivity contribution in [2.24, 2.45) is 4.99 Å². The number of rotatable bonds is 8. The van der Waals surface area contributed by atoms with Gasteiger partial charge in [-0.15, -0.1) is 11.3 Å². The summed E-state index contributed by atoms with van der Waals surface area (Å²) in [4.78, 5) is 9.32. The number of halogens is 1. The van der Waals surface area contributed by atoms with Gasteiger partial charge in [0.25, 0.3) is 0 Å². The van der Waals surface area contributed by atoms with Crippen molar-refractivity contribution in [2.45, 2.75) is 44.9 Å². The lowest BCUT2D eigenvalue weighted by Gasteiger charge is -2.16. The summed E-state index contributed by atoms with van der Waals surface area (Å²) in [5.74, 6) is 0.675. The van der Waals surface area contributed by atoms with E-state index in [1.807, 2.05) is 12.1 Å². The molecule has 0 amide bonds. The number of benzene rings is 1. The van der Waals surface area contributed by atoms with Crippen LogP contribution in [0.15, 0.2) is 34.6 Å². The molecule has 0 spiro atoms. The van der Waals surface area contributed by atoms with Crippen molar-refractivity contribution in [2.75, 3.05) is 19.6 Å². The minimum absolute atomic E-state index is 0.117. The first-order valence-electron chi connectivity index (χ1n) is 9.37. The van der Waals surface area contributed by atoms with Crippen LogP contribution in [-0.4, -0.2) is 30.6 Å². The molecule has 1 aromatic heterocycles. The van der Waals surface area contributed by atoms with Gasteiger partial charge in [-0.3, -0.25) is 4.99 Å². The number of nitrogens with one attached hydrogen (secondary N) is 2. The summed E-state index contributed by atoms with van der Waals surface area (Å²) in [6.45, 7) is 6.37. The van der Waals surface area contributed by atoms with E-state index < -0.39 is 0 Å². The van der Waals surface area contributed by atoms with Crippen LogP contribution >= 0.6 is 11.3 Å². The van der Waals surface area contributed by atoms with Crippen molar-refractivity contribution in [3.63, 3.8) is 0 Å². The summed E-state index contributed by atoms with van der Waals surface area (Å²) in [5, 5.41) is 9.96. The standard InChI is InChI=1S/C20H27FN4S/c1-3-18-25-15(13-26-18)9-12-23-19(22-4-2)24-14-20(10-11-20)16-7-5-6-8-17(16)21/h5-8,13H,3-4,9-12,14H2,1-2H3,(H2,22,23,24). The zero-order valence-corrected chi connectivity index (χ0v) is 16.3. The second kappa shape index (κ2) is 8.62. The molecule has 4 nitrogen and oxygen atoms in total. The Hall–Kier alpha value is -1.95. The van der Waals surface area contributed by atoms with Crippen LogP contribution in [0.2, 0.25) is 0 Å². The molecular weight excluding hydrogens is 347 g/mol. The highest BCUT2D eigenvalue weighted by Gasteiger charge is 2.45. The summed E-state index contributed by atoms with van der Waals surface area (Å²) in [6.07, 6.45) is 3.85. The van der Waals surface area contributed by atoms with Crippen molar-refractivity contribution in [3.8, 4) is 0 Å². The van der Waals surface area contributed by atoms with Gasteiger partial charge in [-0.05, 0) is 37.8 Å². The molecule has 140 valence electrons. The van der Waals surface area contributed by atoms with Gasteiger partial charge >= 0.3 is 0 Å². The van der Waals surface area contributed by atoms with E-state index in [9.17, 15) is 4.39 Å². The number of aromatic nitrogens is 1. The van der Waals surface area contributed by atoms with Gasteiger partial charge in [0.05, 0.1) is 17.2 Å². The van der Waals surface area contributed by atoms with Crippen molar-refractivity contribution >= 4 is 17.3 Å². The van der Waals surface area contributed by atoms with E-state index in [0.29, 0.717) is 6.54 Å². The van der Waals surface area contributed by atoms with Crippen molar-refractivity contribution < 1.29 is 4.39 Å². The maximum atomic E-state index is 14.1. The largest absolute Gasteiger partial charge is 0.357 e. The van der Waals surface area contributed by atoms with Crippen molar-refractivity contribution in [1.29, 1.82) is 0 Å². The summed E-state index contributed by atoms with van der Waals surface area (Å²) < 4.78 is 14.1. The number of nitrogens with zero attached hydrogens (tertiary/aromatic N) is 2. The fourth-order valence-electron chi connectivity index (χ4n) is 3.06. The maximum Gasteiger partial charge on any atom is 0.191 e. The quantitative estimate of drug-likeness (QED) is 0.547. The van der Waals surface area contributed by atoms with E-state index in [1.54, 1.807) is 23.5 Å². The van der Waals surface area contributed by atoms with E-state index in [1.165, 1.54) is 5.01 Å². The molecule has 1 saturated carbocycles. The Balaban J connectivity index is 1.58. The highest BCUT2D eigenvalue weighted by atomic mass is 32.1. The molecule has 0 atom stereocenters. The van der Waals surface area contributed by atoms with Gasteiger partial charge in [-0.25, -0.2) is 9.37 Å². The molecule has 0 radical (unpaired) electrons. The zero-order chi connectivity index (χ0) is 18.4. The Morgan fingerprint density at radius 3 is 2.73 bits per heavy atom. The average molecular weight is 375 g/mol. The smallest absolute Gasteiger partial charge is 0.191 e. The predicted molar refractivity (Wildman–Crippen MR) is 106 cm³/mol. The molecule has 0 unspecified atom stereocenters. The first-order valence-corrected chi connectivity index (χ1v) is 10.3. The van der Waals surface area contributed by atoms with Crippen molar-refractivity contribution in [3.05, 3.63) is 51.7 Å². The molecule has 1 heterocycles. The van der Waals surface area contributed by atoms with Gasteiger partial charge in [0.1, 0.15) is 5.82 Å². The molecule has 1 aliphatic rings. The molecule has 2 N–H and O–H groups in total. The van der Waals surface area contributed by atoms with Crippen LogP contribution in [0.1, 0.15) is 43.0 Å². The highest BCUT2D eigenvalue weighted by Crippen LogP contribution is 2.49. The highest BCUT2D eigenvalue weighted by molar-refractivity contribution is 7.09. The summed E-state index contributed by atoms with van der Waals surface area (Å²) in [7, 11) is 0. The van der Waals surface area contributed by atoms with Gasteiger partial charge in [-0.2, -0.15) is 0 Å². The Bertz CT molecular complexity index is 752. The Morgan fingerprint density at radius 1 is 1.27 bits per heavy atom. The molecular formula is C20H27FN4S. The lowest BCUT2D eigenvalue weighted by Crippen LogP contribution is -2.39. The molecule has 1 fully saturated rings. The summed E-state index contributed by atoms with van der Waals surface area (Å²) in [6, 6.07) is 7.09. The number of hydrogen-bond donors (Lipinski definition) is 2. The molecule has 0 bridgehead atoms. The number of aliphatic imine (C=N–C) groups is 1. The van der Waals surface area contributed by atoms with Crippen LogP contribution in [0, 0.1) is 5.82 Å². The molecule has 1 aromatic carbocycles. The van der Waals surface area contributed by atoms with Gasteiger partial charge in [0.15, 0.2) is 5.96 Å². The normalized spacial score (nSPS) is 15.7. The molecule has 1 aliphatic carbocycles. The number of hydrogen-bond acceptors (Lipinski definition) is 3. The van der Waals surface area contributed by atoms with Crippen molar-refractivity contribution in [1.82, 2.24) is 15.6 Å². The first kappa shape index (κ1) is 18.8. The first-order chi connectivity index (χ1) is 12.7. The fraction of sp³-hybridized carbons (Fsp3) is 0.500. The molecule has 0 aliphatic heterocycles. The lowest BCUT2D eigenvalue weighted by molar-refractivity contribution is 0.572. The minimum atomic E-state index is -0.126. The third-order valence-corrected chi connectivity index (χ3v) is 5.80. The molecule has 6 heteroatoms. The number of aryl methyl sites for hydroxylation is 1. The predicted octanol–water partition coefficient (Wildman–Crippen LogP) is 3.67. The van der Waals surface area contributed by atoms with Gasteiger partial charge < -0.3 is 10.6 Å². The Morgan fingerprint density at radius 2 is 2.08 bits per heavy atom. The summed E-state index contributed by atoms with van der Waals surface area (Å²) in [5.41, 5.74) is 1.80. The maximum absolute atomic E-state index is 14.1. The summed E-state index contributed by atoms with van der Waals surface area (Å²) >= 11 is 1.72. The lowest BCUT2D eigenvalue weighted by atomic mass is 9.95. The minimum Gasteiger partial charge on any atom is -0.357 e. The second-order valence-corrected chi connectivity index (χ2v) is 7.66. The monoisotopic (exact) mass is 374 g/mol. The van der Waals surface area contributed by atoms with Crippen LogP contribution in [0.4, 0.5) is 4.39 Å². The van der Waals surface area contributed by atoms with Gasteiger partial charge in [-0.1, -0.05) is 25.1 Å².